The molecule has 0 saturated heterocycles. The van der Waals surface area contributed by atoms with Crippen LogP contribution in [0.4, 0.5) is 13.2 Å². The fraction of sp³-hybridized carbons (Fsp3) is 0.200. The third-order valence-electron chi connectivity index (χ3n) is 1.94. The predicted octanol–water partition coefficient (Wildman–Crippen LogP) is 3.60. The van der Waals surface area contributed by atoms with Crippen molar-refractivity contribution in [3.63, 3.8) is 0 Å². The Balaban J connectivity index is 0.000000203. The van der Waals surface area contributed by atoms with E-state index in [1.54, 1.807) is 11.3 Å². The van der Waals surface area contributed by atoms with E-state index in [2.05, 4.69) is 12.1 Å². The van der Waals surface area contributed by atoms with Crippen LogP contribution in [0.5, 0.6) is 0 Å². The second-order valence-electron chi connectivity index (χ2n) is 3.20. The minimum atomic E-state index is -5.08. The highest BCUT2D eigenvalue weighted by molar-refractivity contribution is 7.73. The lowest BCUT2D eigenvalue weighted by Crippen LogP contribution is -2.21. The van der Waals surface area contributed by atoms with E-state index in [9.17, 15) is 13.2 Å². The molecular weight excluding hydrogens is 287 g/mol. The van der Waals surface area contributed by atoms with Gasteiger partial charge in [-0.1, -0.05) is 12.1 Å². The number of nitrogens with zero attached hydrogens (tertiary/aromatic N) is 1. The third kappa shape index (κ3) is 3.54. The topological polar surface area (TPSA) is 42.2 Å². The van der Waals surface area contributed by atoms with E-state index in [4.69, 9.17) is 22.1 Å². The molecule has 0 amide bonds. The third-order valence-corrected chi connectivity index (χ3v) is 3.48. The maximum absolute atomic E-state index is 10.6. The number of rotatable bonds is 0. The van der Waals surface area contributed by atoms with Crippen LogP contribution >= 0.6 is 23.6 Å². The van der Waals surface area contributed by atoms with Crippen LogP contribution in [0.15, 0.2) is 24.3 Å². The number of benzene rings is 1. The molecule has 2 rings (SSSR count). The van der Waals surface area contributed by atoms with Crippen LogP contribution in [0.2, 0.25) is 0 Å². The van der Waals surface area contributed by atoms with Crippen LogP contribution in [0.3, 0.4) is 0 Å². The zero-order valence-corrected chi connectivity index (χ0v) is 10.7. The molecule has 0 aliphatic rings. The SMILES string of the molecule is Cn1c(=S)sc2ccccc21.O=C(O)C(F)(F)F. The average Bonchev–Trinajstić information content (AvgIpc) is 2.55. The Morgan fingerprint density at radius 2 is 1.89 bits per heavy atom. The molecule has 0 radical (unpaired) electrons. The van der Waals surface area contributed by atoms with Gasteiger partial charge >= 0.3 is 12.1 Å². The molecule has 3 nitrogen and oxygen atoms in total. The van der Waals surface area contributed by atoms with E-state index in [0.717, 1.165) is 3.95 Å². The molecule has 8 heteroatoms. The van der Waals surface area contributed by atoms with Gasteiger partial charge in [-0.25, -0.2) is 4.79 Å². The van der Waals surface area contributed by atoms with Crippen LogP contribution < -0.4 is 0 Å². The number of alkyl halides is 3. The van der Waals surface area contributed by atoms with Gasteiger partial charge in [0.15, 0.2) is 3.95 Å². The summed E-state index contributed by atoms with van der Waals surface area (Å²) in [5, 5.41) is 7.12. The number of carbonyl (C=O) groups is 1. The molecule has 1 N–H and O–H groups in total. The Morgan fingerprint density at radius 1 is 1.39 bits per heavy atom. The zero-order valence-electron chi connectivity index (χ0n) is 9.06. The lowest BCUT2D eigenvalue weighted by atomic mass is 10.3. The van der Waals surface area contributed by atoms with Crippen LogP contribution in [-0.2, 0) is 11.8 Å². The van der Waals surface area contributed by atoms with E-state index in [1.807, 2.05) is 23.7 Å². The van der Waals surface area contributed by atoms with Gasteiger partial charge in [-0.2, -0.15) is 13.2 Å². The number of fused-ring (bicyclic) bond motifs is 1. The Morgan fingerprint density at radius 3 is 2.33 bits per heavy atom. The molecule has 0 fully saturated rings. The lowest BCUT2D eigenvalue weighted by Gasteiger charge is -1.93. The molecule has 1 heterocycles. The lowest BCUT2D eigenvalue weighted by molar-refractivity contribution is -0.192. The number of para-hydroxylation sites is 1. The summed E-state index contributed by atoms with van der Waals surface area (Å²) < 4.78 is 36.0. The van der Waals surface area contributed by atoms with Crippen LogP contribution in [0.25, 0.3) is 10.2 Å². The highest BCUT2D eigenvalue weighted by atomic mass is 32.1. The van der Waals surface area contributed by atoms with Gasteiger partial charge in [0, 0.05) is 7.05 Å². The maximum atomic E-state index is 10.6. The fourth-order valence-electron chi connectivity index (χ4n) is 1.08. The van der Waals surface area contributed by atoms with Crippen molar-refractivity contribution < 1.29 is 23.1 Å². The van der Waals surface area contributed by atoms with Gasteiger partial charge in [0.2, 0.25) is 0 Å². The van der Waals surface area contributed by atoms with Gasteiger partial charge in [0.1, 0.15) is 0 Å². The summed E-state index contributed by atoms with van der Waals surface area (Å²) in [7, 11) is 2.00. The number of halogens is 3. The van der Waals surface area contributed by atoms with Crippen molar-refractivity contribution in [3.05, 3.63) is 28.2 Å². The summed E-state index contributed by atoms with van der Waals surface area (Å²) in [4.78, 5) is 8.90. The molecule has 1 aromatic heterocycles. The van der Waals surface area contributed by atoms with E-state index in [-0.39, 0.29) is 0 Å². The van der Waals surface area contributed by atoms with Crippen molar-refractivity contribution in [2.45, 2.75) is 6.18 Å². The van der Waals surface area contributed by atoms with Crippen molar-refractivity contribution in [3.8, 4) is 0 Å². The summed E-state index contributed by atoms with van der Waals surface area (Å²) in [6.45, 7) is 0. The monoisotopic (exact) mass is 295 g/mol. The minimum Gasteiger partial charge on any atom is -0.475 e. The molecule has 0 aliphatic carbocycles. The number of aliphatic carboxylic acids is 1. The van der Waals surface area contributed by atoms with E-state index < -0.39 is 12.1 Å². The molecule has 18 heavy (non-hydrogen) atoms. The van der Waals surface area contributed by atoms with Gasteiger partial charge in [0.25, 0.3) is 0 Å². The van der Waals surface area contributed by atoms with Gasteiger partial charge in [-0.3, -0.25) is 0 Å². The number of carboxylic acid groups (broad SMARTS) is 1. The first-order valence-corrected chi connectivity index (χ1v) is 5.80. The maximum Gasteiger partial charge on any atom is 0.490 e. The number of thiazole rings is 1. The number of aryl methyl sites for hydroxylation is 1. The van der Waals surface area contributed by atoms with E-state index >= 15 is 0 Å². The molecule has 0 aliphatic heterocycles. The number of hydrogen-bond acceptors (Lipinski definition) is 3. The zero-order chi connectivity index (χ0) is 13.9. The van der Waals surface area contributed by atoms with Gasteiger partial charge in [0.05, 0.1) is 10.2 Å². The second kappa shape index (κ2) is 5.49. The first-order chi connectivity index (χ1) is 8.23. The molecular formula is C10H8F3NO2S2. The number of carboxylic acids is 1. The Labute approximate surface area is 109 Å². The fourth-order valence-corrected chi connectivity index (χ4v) is 2.33. The van der Waals surface area contributed by atoms with Crippen molar-refractivity contribution in [1.29, 1.82) is 0 Å². The summed E-state index contributed by atoms with van der Waals surface area (Å²) in [5.41, 5.74) is 1.22. The summed E-state index contributed by atoms with van der Waals surface area (Å²) in [6.07, 6.45) is -5.08. The molecule has 1 aromatic carbocycles. The smallest absolute Gasteiger partial charge is 0.475 e. The quantitative estimate of drug-likeness (QED) is 0.755. The van der Waals surface area contributed by atoms with Crippen LogP contribution in [0, 0.1) is 3.95 Å². The Kier molecular flexibility index (Phi) is 4.47. The van der Waals surface area contributed by atoms with Gasteiger partial charge < -0.3 is 9.67 Å². The highest BCUT2D eigenvalue weighted by Crippen LogP contribution is 2.20. The minimum absolute atomic E-state index is 0.936. The summed E-state index contributed by atoms with van der Waals surface area (Å²) in [6, 6.07) is 8.24. The van der Waals surface area contributed by atoms with Gasteiger partial charge in [-0.05, 0) is 24.4 Å². The highest BCUT2D eigenvalue weighted by Gasteiger charge is 2.38. The molecule has 0 spiro atoms. The first-order valence-electron chi connectivity index (χ1n) is 4.58. The van der Waals surface area contributed by atoms with E-state index in [1.165, 1.54) is 10.2 Å². The van der Waals surface area contributed by atoms with Crippen molar-refractivity contribution in [1.82, 2.24) is 4.57 Å². The number of hydrogen-bond donors (Lipinski definition) is 1. The molecule has 98 valence electrons. The molecule has 2 aromatic rings. The molecule has 0 atom stereocenters. The molecule has 0 unspecified atom stereocenters. The summed E-state index contributed by atoms with van der Waals surface area (Å²) in [5.74, 6) is -2.76. The normalized spacial score (nSPS) is 10.9. The Bertz CT molecular complexity index is 615. The van der Waals surface area contributed by atoms with Crippen LogP contribution in [0.1, 0.15) is 0 Å². The summed E-state index contributed by atoms with van der Waals surface area (Å²) >= 11 is 6.79. The van der Waals surface area contributed by atoms with E-state index in [0.29, 0.717) is 0 Å². The average molecular weight is 295 g/mol. The van der Waals surface area contributed by atoms with Crippen molar-refractivity contribution in [2.75, 3.05) is 0 Å². The second-order valence-corrected chi connectivity index (χ2v) is 4.87. The van der Waals surface area contributed by atoms with Crippen molar-refractivity contribution >= 4 is 39.7 Å². The van der Waals surface area contributed by atoms with Crippen LogP contribution in [-0.4, -0.2) is 21.8 Å². The standard InChI is InChI=1S/C8H7NS2.C2HF3O2/c1-9-6-4-2-3-5-7(6)11-8(9)10;3-2(4,5)1(6)7/h2-5H,1H3;(H,6,7). The predicted molar refractivity (Wildman–Crippen MR) is 65.3 cm³/mol. The Hall–Kier alpha value is -1.41. The molecule has 0 bridgehead atoms. The van der Waals surface area contributed by atoms with Gasteiger partial charge in [-0.15, -0.1) is 11.3 Å². The molecule has 0 saturated carbocycles. The first kappa shape index (κ1) is 14.7. The number of aromatic nitrogens is 1. The van der Waals surface area contributed by atoms with Crippen molar-refractivity contribution in [2.24, 2.45) is 7.05 Å². The largest absolute Gasteiger partial charge is 0.490 e.